The largest absolute Gasteiger partial charge is 0.374 e. The van der Waals surface area contributed by atoms with Crippen molar-refractivity contribution in [3.05, 3.63) is 28.5 Å². The van der Waals surface area contributed by atoms with Gasteiger partial charge in [-0.2, -0.15) is 0 Å². The van der Waals surface area contributed by atoms with E-state index >= 15 is 0 Å². The Kier molecular flexibility index (Phi) is 3.65. The smallest absolute Gasteiger partial charge is 0.111 e. The van der Waals surface area contributed by atoms with Crippen LogP contribution < -0.4 is 5.73 Å². The van der Waals surface area contributed by atoms with E-state index in [-0.39, 0.29) is 6.10 Å². The van der Waals surface area contributed by atoms with Crippen LogP contribution in [0.25, 0.3) is 0 Å². The summed E-state index contributed by atoms with van der Waals surface area (Å²) in [6.45, 7) is 0.450. The molecule has 0 aromatic carbocycles. The molecule has 0 saturated heterocycles. The summed E-state index contributed by atoms with van der Waals surface area (Å²) in [7, 11) is 1.63. The fourth-order valence-electron chi connectivity index (χ4n) is 0.915. The molecule has 1 rings (SSSR count). The van der Waals surface area contributed by atoms with E-state index in [9.17, 15) is 0 Å². The number of nitrogens with zero attached hydrogens (tertiary/aromatic N) is 1. The molecular formula is C8H11BrN2O. The summed E-state index contributed by atoms with van der Waals surface area (Å²) in [5.74, 6) is 0. The summed E-state index contributed by atoms with van der Waals surface area (Å²) in [4.78, 5) is 4.17. The van der Waals surface area contributed by atoms with Crippen LogP contribution in [0.3, 0.4) is 0 Å². The Balaban J connectivity index is 2.80. The van der Waals surface area contributed by atoms with Gasteiger partial charge in [-0.3, -0.25) is 4.98 Å². The zero-order valence-corrected chi connectivity index (χ0v) is 8.41. The van der Waals surface area contributed by atoms with Crippen molar-refractivity contribution in [1.29, 1.82) is 0 Å². The van der Waals surface area contributed by atoms with Crippen molar-refractivity contribution in [3.8, 4) is 0 Å². The van der Waals surface area contributed by atoms with Crippen molar-refractivity contribution in [2.24, 2.45) is 5.73 Å². The highest BCUT2D eigenvalue weighted by Gasteiger charge is 2.08. The normalized spacial score (nSPS) is 12.9. The molecule has 0 aliphatic rings. The van der Waals surface area contributed by atoms with Crippen molar-refractivity contribution in [2.45, 2.75) is 6.10 Å². The third-order valence-corrected chi connectivity index (χ3v) is 2.05. The molecule has 0 radical (unpaired) electrons. The first-order valence-corrected chi connectivity index (χ1v) is 4.41. The molecule has 66 valence electrons. The van der Waals surface area contributed by atoms with Gasteiger partial charge in [0, 0.05) is 24.3 Å². The maximum Gasteiger partial charge on any atom is 0.111 e. The van der Waals surface area contributed by atoms with E-state index < -0.39 is 0 Å². The van der Waals surface area contributed by atoms with Crippen LogP contribution in [0.15, 0.2) is 22.8 Å². The Morgan fingerprint density at radius 1 is 1.67 bits per heavy atom. The Morgan fingerprint density at radius 2 is 2.42 bits per heavy atom. The summed E-state index contributed by atoms with van der Waals surface area (Å²) in [5.41, 5.74) is 6.34. The Labute approximate surface area is 80.1 Å². The standard InChI is InChI=1S/C8H11BrN2O/c1-12-8(4-10)7-3-2-6(9)5-11-7/h2-3,5,8H,4,10H2,1H3. The SMILES string of the molecule is COC(CN)c1ccc(Br)cn1. The van der Waals surface area contributed by atoms with Crippen LogP contribution in [0.5, 0.6) is 0 Å². The highest BCUT2D eigenvalue weighted by atomic mass is 79.9. The number of rotatable bonds is 3. The van der Waals surface area contributed by atoms with E-state index in [4.69, 9.17) is 10.5 Å². The van der Waals surface area contributed by atoms with Crippen LogP contribution in [0, 0.1) is 0 Å². The molecule has 0 fully saturated rings. The van der Waals surface area contributed by atoms with Gasteiger partial charge in [0.05, 0.1) is 5.69 Å². The van der Waals surface area contributed by atoms with Crippen LogP contribution in [0.1, 0.15) is 11.8 Å². The van der Waals surface area contributed by atoms with Crippen molar-refractivity contribution in [2.75, 3.05) is 13.7 Å². The van der Waals surface area contributed by atoms with Gasteiger partial charge < -0.3 is 10.5 Å². The molecule has 0 aliphatic heterocycles. The monoisotopic (exact) mass is 230 g/mol. The molecule has 12 heavy (non-hydrogen) atoms. The predicted molar refractivity (Wildman–Crippen MR) is 50.7 cm³/mol. The summed E-state index contributed by atoms with van der Waals surface area (Å²) >= 11 is 3.30. The van der Waals surface area contributed by atoms with Gasteiger partial charge in [0.1, 0.15) is 6.10 Å². The fourth-order valence-corrected chi connectivity index (χ4v) is 1.15. The number of hydrogen-bond donors (Lipinski definition) is 1. The van der Waals surface area contributed by atoms with E-state index in [2.05, 4.69) is 20.9 Å². The minimum Gasteiger partial charge on any atom is -0.374 e. The zero-order valence-electron chi connectivity index (χ0n) is 6.83. The lowest BCUT2D eigenvalue weighted by atomic mass is 10.2. The first-order valence-electron chi connectivity index (χ1n) is 3.62. The molecule has 0 aliphatic carbocycles. The fraction of sp³-hybridized carbons (Fsp3) is 0.375. The number of ether oxygens (including phenoxy) is 1. The number of hydrogen-bond acceptors (Lipinski definition) is 3. The molecule has 1 aromatic heterocycles. The first kappa shape index (κ1) is 9.64. The Bertz CT molecular complexity index is 233. The van der Waals surface area contributed by atoms with Crippen LogP contribution in [-0.4, -0.2) is 18.6 Å². The number of nitrogens with two attached hydrogens (primary N) is 1. The lowest BCUT2D eigenvalue weighted by molar-refractivity contribution is 0.107. The highest BCUT2D eigenvalue weighted by Crippen LogP contribution is 2.14. The molecule has 0 saturated carbocycles. The van der Waals surface area contributed by atoms with E-state index in [0.29, 0.717) is 6.54 Å². The lowest BCUT2D eigenvalue weighted by Crippen LogP contribution is -2.15. The highest BCUT2D eigenvalue weighted by molar-refractivity contribution is 9.10. The van der Waals surface area contributed by atoms with Crippen molar-refractivity contribution in [3.63, 3.8) is 0 Å². The van der Waals surface area contributed by atoms with Crippen LogP contribution >= 0.6 is 15.9 Å². The Hall–Kier alpha value is -0.450. The second-order valence-corrected chi connectivity index (χ2v) is 3.28. The van der Waals surface area contributed by atoms with Gasteiger partial charge in [-0.15, -0.1) is 0 Å². The van der Waals surface area contributed by atoms with Crippen LogP contribution in [-0.2, 0) is 4.74 Å². The van der Waals surface area contributed by atoms with Gasteiger partial charge >= 0.3 is 0 Å². The Morgan fingerprint density at radius 3 is 2.83 bits per heavy atom. The molecule has 0 spiro atoms. The van der Waals surface area contributed by atoms with Gasteiger partial charge in [0.2, 0.25) is 0 Å². The molecule has 0 amide bonds. The van der Waals surface area contributed by atoms with Crippen LogP contribution in [0.2, 0.25) is 0 Å². The molecule has 0 bridgehead atoms. The molecule has 1 heterocycles. The number of aromatic nitrogens is 1. The van der Waals surface area contributed by atoms with Gasteiger partial charge in [-0.25, -0.2) is 0 Å². The van der Waals surface area contributed by atoms with Crippen LogP contribution in [0.4, 0.5) is 0 Å². The second kappa shape index (κ2) is 4.54. The van der Waals surface area contributed by atoms with Gasteiger partial charge in [0.25, 0.3) is 0 Å². The van der Waals surface area contributed by atoms with Gasteiger partial charge in [-0.1, -0.05) is 0 Å². The number of methoxy groups -OCH3 is 1. The van der Waals surface area contributed by atoms with E-state index in [1.54, 1.807) is 13.3 Å². The lowest BCUT2D eigenvalue weighted by Gasteiger charge is -2.11. The summed E-state index contributed by atoms with van der Waals surface area (Å²) < 4.78 is 6.08. The summed E-state index contributed by atoms with van der Waals surface area (Å²) in [5, 5.41) is 0. The minimum atomic E-state index is -0.0990. The number of pyridine rings is 1. The minimum absolute atomic E-state index is 0.0990. The quantitative estimate of drug-likeness (QED) is 0.857. The van der Waals surface area contributed by atoms with Crippen molar-refractivity contribution < 1.29 is 4.74 Å². The number of halogens is 1. The average Bonchev–Trinajstić information content (AvgIpc) is 2.10. The molecule has 3 nitrogen and oxygen atoms in total. The topological polar surface area (TPSA) is 48.1 Å². The van der Waals surface area contributed by atoms with E-state index in [0.717, 1.165) is 10.2 Å². The maximum absolute atomic E-state index is 5.48. The molecule has 1 atom stereocenters. The summed E-state index contributed by atoms with van der Waals surface area (Å²) in [6, 6.07) is 3.81. The molecule has 1 aromatic rings. The zero-order chi connectivity index (χ0) is 8.97. The van der Waals surface area contributed by atoms with Crippen molar-refractivity contribution >= 4 is 15.9 Å². The molecule has 1 unspecified atom stereocenters. The maximum atomic E-state index is 5.48. The molecule has 4 heteroatoms. The van der Waals surface area contributed by atoms with Gasteiger partial charge in [0.15, 0.2) is 0 Å². The molecular weight excluding hydrogens is 220 g/mol. The first-order chi connectivity index (χ1) is 5.77. The molecule has 2 N–H and O–H groups in total. The van der Waals surface area contributed by atoms with Crippen molar-refractivity contribution in [1.82, 2.24) is 4.98 Å². The summed E-state index contributed by atoms with van der Waals surface area (Å²) in [6.07, 6.45) is 1.63. The third kappa shape index (κ3) is 2.27. The van der Waals surface area contributed by atoms with E-state index in [1.165, 1.54) is 0 Å². The predicted octanol–water partition coefficient (Wildman–Crippen LogP) is 1.49. The average molecular weight is 231 g/mol. The second-order valence-electron chi connectivity index (χ2n) is 2.36. The van der Waals surface area contributed by atoms with Gasteiger partial charge in [-0.05, 0) is 28.1 Å². The van der Waals surface area contributed by atoms with E-state index in [1.807, 2.05) is 12.1 Å². The third-order valence-electron chi connectivity index (χ3n) is 1.58.